The van der Waals surface area contributed by atoms with E-state index in [1.807, 2.05) is 0 Å². The van der Waals surface area contributed by atoms with Crippen LogP contribution in [0.5, 0.6) is 11.5 Å². The molecule has 1 aromatic carbocycles. The lowest BCUT2D eigenvalue weighted by Gasteiger charge is -2.21. The monoisotopic (exact) mass is 304 g/mol. The summed E-state index contributed by atoms with van der Waals surface area (Å²) in [6.07, 6.45) is -0.000585. The summed E-state index contributed by atoms with van der Waals surface area (Å²) >= 11 is 3.10. The van der Waals surface area contributed by atoms with Crippen LogP contribution < -0.4 is 9.47 Å². The summed E-state index contributed by atoms with van der Waals surface area (Å²) < 4.78 is 24.7. The van der Waals surface area contributed by atoms with Crippen molar-refractivity contribution in [1.82, 2.24) is 0 Å². The molecular weight excluding hydrogens is 295 g/mol. The number of carbonyl (C=O) groups is 1. The van der Waals surface area contributed by atoms with E-state index in [9.17, 15) is 9.18 Å². The van der Waals surface area contributed by atoms with Crippen molar-refractivity contribution < 1.29 is 23.8 Å². The minimum absolute atomic E-state index is 0.121. The van der Waals surface area contributed by atoms with Gasteiger partial charge >= 0.3 is 5.97 Å². The molecule has 4 nitrogen and oxygen atoms in total. The van der Waals surface area contributed by atoms with Gasteiger partial charge in [0.25, 0.3) is 0 Å². The van der Waals surface area contributed by atoms with E-state index in [4.69, 9.17) is 14.6 Å². The molecule has 0 aromatic heterocycles. The summed E-state index contributed by atoms with van der Waals surface area (Å²) in [6.45, 7) is 0.781. The molecule has 1 aliphatic heterocycles. The summed E-state index contributed by atoms with van der Waals surface area (Å²) in [5.41, 5.74) is 0.309. The predicted molar refractivity (Wildman–Crippen MR) is 61.0 cm³/mol. The number of carboxylic acids is 1. The largest absolute Gasteiger partial charge is 0.486 e. The van der Waals surface area contributed by atoms with Crippen LogP contribution in [0.4, 0.5) is 4.39 Å². The second-order valence-electron chi connectivity index (χ2n) is 3.58. The maximum absolute atomic E-state index is 13.9. The Morgan fingerprint density at radius 3 is 2.88 bits per heavy atom. The number of ether oxygens (including phenoxy) is 2. The summed E-state index contributed by atoms with van der Waals surface area (Å²) in [6, 6.07) is 1.50. The maximum Gasteiger partial charge on any atom is 0.303 e. The Hall–Kier alpha value is -1.30. The van der Waals surface area contributed by atoms with Crippen LogP contribution >= 0.6 is 15.9 Å². The molecule has 0 atom stereocenters. The van der Waals surface area contributed by atoms with Gasteiger partial charge in [-0.3, -0.25) is 4.79 Å². The summed E-state index contributed by atoms with van der Waals surface area (Å²) in [4.78, 5) is 10.5. The highest BCUT2D eigenvalue weighted by Crippen LogP contribution is 2.41. The van der Waals surface area contributed by atoms with Crippen LogP contribution in [-0.4, -0.2) is 24.3 Å². The van der Waals surface area contributed by atoms with Gasteiger partial charge in [-0.05, 0) is 34.0 Å². The van der Waals surface area contributed by atoms with Gasteiger partial charge < -0.3 is 14.6 Å². The first-order chi connectivity index (χ1) is 8.09. The molecule has 2 rings (SSSR count). The Morgan fingerprint density at radius 2 is 2.18 bits per heavy atom. The fraction of sp³-hybridized carbons (Fsp3) is 0.364. The van der Waals surface area contributed by atoms with Gasteiger partial charge in [-0.25, -0.2) is 4.39 Å². The summed E-state index contributed by atoms with van der Waals surface area (Å²) in [5, 5.41) is 8.58. The zero-order valence-electron chi connectivity index (χ0n) is 8.83. The third-order valence-electron chi connectivity index (χ3n) is 2.40. The van der Waals surface area contributed by atoms with Crippen LogP contribution in [0.15, 0.2) is 10.5 Å². The van der Waals surface area contributed by atoms with Crippen LogP contribution in [0, 0.1) is 5.82 Å². The smallest absolute Gasteiger partial charge is 0.303 e. The molecule has 1 aromatic rings. The number of hydrogen-bond donors (Lipinski definition) is 1. The Kier molecular flexibility index (Phi) is 3.51. The Bertz CT molecular complexity index is 461. The van der Waals surface area contributed by atoms with Gasteiger partial charge in [-0.15, -0.1) is 0 Å². The number of aliphatic carboxylic acids is 1. The van der Waals surface area contributed by atoms with Gasteiger partial charge in [-0.1, -0.05) is 0 Å². The predicted octanol–water partition coefficient (Wildman–Crippen LogP) is 2.38. The average Bonchev–Trinajstić information content (AvgIpc) is 2.32. The molecule has 0 amide bonds. The molecule has 92 valence electrons. The van der Waals surface area contributed by atoms with E-state index in [-0.39, 0.29) is 17.3 Å². The molecule has 1 heterocycles. The first-order valence-electron chi connectivity index (χ1n) is 5.08. The number of fused-ring (bicyclic) bond motifs is 1. The van der Waals surface area contributed by atoms with E-state index in [2.05, 4.69) is 15.9 Å². The Morgan fingerprint density at radius 1 is 1.47 bits per heavy atom. The van der Waals surface area contributed by atoms with Gasteiger partial charge in [0.05, 0.1) is 4.47 Å². The minimum Gasteiger partial charge on any atom is -0.486 e. The van der Waals surface area contributed by atoms with Crippen molar-refractivity contribution >= 4 is 21.9 Å². The van der Waals surface area contributed by atoms with Gasteiger partial charge in [-0.2, -0.15) is 0 Å². The second kappa shape index (κ2) is 4.91. The quantitative estimate of drug-likeness (QED) is 0.931. The third-order valence-corrected chi connectivity index (χ3v) is 3.11. The summed E-state index contributed by atoms with van der Waals surface area (Å²) in [5.74, 6) is -0.663. The van der Waals surface area contributed by atoms with E-state index in [1.165, 1.54) is 6.07 Å². The standard InChI is InChI=1S/C11H10BrFO4/c12-9-10(13)6(1-2-8(14)15)5-7-11(9)17-4-3-16-7/h5H,1-4H2,(H,14,15). The topological polar surface area (TPSA) is 55.8 Å². The fourth-order valence-electron chi connectivity index (χ4n) is 1.60. The molecule has 0 radical (unpaired) electrons. The zero-order chi connectivity index (χ0) is 12.4. The second-order valence-corrected chi connectivity index (χ2v) is 4.37. The van der Waals surface area contributed by atoms with E-state index in [0.717, 1.165) is 0 Å². The van der Waals surface area contributed by atoms with Crippen LogP contribution in [0.2, 0.25) is 0 Å². The van der Waals surface area contributed by atoms with Gasteiger partial charge in [0.2, 0.25) is 0 Å². The van der Waals surface area contributed by atoms with Crippen molar-refractivity contribution in [1.29, 1.82) is 0 Å². The van der Waals surface area contributed by atoms with Gasteiger partial charge in [0.15, 0.2) is 11.5 Å². The van der Waals surface area contributed by atoms with Crippen LogP contribution in [-0.2, 0) is 11.2 Å². The first-order valence-corrected chi connectivity index (χ1v) is 5.87. The Balaban J connectivity index is 2.33. The highest BCUT2D eigenvalue weighted by molar-refractivity contribution is 9.10. The molecule has 0 saturated carbocycles. The maximum atomic E-state index is 13.9. The van der Waals surface area contributed by atoms with Crippen molar-refractivity contribution in [2.24, 2.45) is 0 Å². The van der Waals surface area contributed by atoms with Gasteiger partial charge in [0, 0.05) is 6.42 Å². The number of benzene rings is 1. The normalized spacial score (nSPS) is 13.5. The van der Waals surface area contributed by atoms with E-state index < -0.39 is 11.8 Å². The van der Waals surface area contributed by atoms with Crippen LogP contribution in [0.3, 0.4) is 0 Å². The number of carboxylic acid groups (broad SMARTS) is 1. The number of halogens is 2. The van der Waals surface area contributed by atoms with Crippen molar-refractivity contribution in [3.05, 3.63) is 21.9 Å². The van der Waals surface area contributed by atoms with Crippen molar-refractivity contribution in [2.75, 3.05) is 13.2 Å². The van der Waals surface area contributed by atoms with Crippen LogP contribution in [0.25, 0.3) is 0 Å². The molecule has 6 heteroatoms. The lowest BCUT2D eigenvalue weighted by Crippen LogP contribution is -2.16. The molecule has 1 N–H and O–H groups in total. The molecule has 0 spiro atoms. The highest BCUT2D eigenvalue weighted by atomic mass is 79.9. The molecule has 17 heavy (non-hydrogen) atoms. The van der Waals surface area contributed by atoms with E-state index >= 15 is 0 Å². The SMILES string of the molecule is O=C(O)CCc1cc2c(c(Br)c1F)OCCO2. The lowest BCUT2D eigenvalue weighted by atomic mass is 10.1. The molecule has 0 aliphatic carbocycles. The lowest BCUT2D eigenvalue weighted by molar-refractivity contribution is -0.136. The Labute approximate surface area is 105 Å². The van der Waals surface area contributed by atoms with Crippen molar-refractivity contribution in [3.8, 4) is 11.5 Å². The van der Waals surface area contributed by atoms with Crippen LogP contribution in [0.1, 0.15) is 12.0 Å². The summed E-state index contributed by atoms with van der Waals surface area (Å²) in [7, 11) is 0. The average molecular weight is 305 g/mol. The molecule has 0 fully saturated rings. The van der Waals surface area contributed by atoms with E-state index in [0.29, 0.717) is 30.3 Å². The van der Waals surface area contributed by atoms with Gasteiger partial charge in [0.1, 0.15) is 19.0 Å². The molecule has 1 aliphatic rings. The van der Waals surface area contributed by atoms with E-state index in [1.54, 1.807) is 0 Å². The number of rotatable bonds is 3. The number of aryl methyl sites for hydroxylation is 1. The van der Waals surface area contributed by atoms with Crippen molar-refractivity contribution in [2.45, 2.75) is 12.8 Å². The molecule has 0 unspecified atom stereocenters. The number of hydrogen-bond acceptors (Lipinski definition) is 3. The molecule has 0 saturated heterocycles. The molecule has 0 bridgehead atoms. The minimum atomic E-state index is -0.963. The highest BCUT2D eigenvalue weighted by Gasteiger charge is 2.21. The molecular formula is C11H10BrFO4. The fourth-order valence-corrected chi connectivity index (χ4v) is 2.16. The zero-order valence-corrected chi connectivity index (χ0v) is 10.4. The first kappa shape index (κ1) is 12.2. The van der Waals surface area contributed by atoms with Crippen molar-refractivity contribution in [3.63, 3.8) is 0 Å². The third kappa shape index (κ3) is 2.52.